The van der Waals surface area contributed by atoms with Crippen molar-refractivity contribution in [1.82, 2.24) is 9.21 Å². The number of ether oxygens (including phenoxy) is 1. The van der Waals surface area contributed by atoms with E-state index < -0.39 is 21.4 Å². The van der Waals surface area contributed by atoms with Crippen molar-refractivity contribution in [2.75, 3.05) is 26.2 Å². The molecule has 0 N–H and O–H groups in total. The number of morpholine rings is 1. The maximum atomic E-state index is 14.9. The molecule has 172 valence electrons. The molecule has 9 heteroatoms. The highest BCUT2D eigenvalue weighted by molar-refractivity contribution is 7.89. The topological polar surface area (TPSA) is 90.7 Å². The Hall–Kier alpha value is -2.80. The zero-order valence-electron chi connectivity index (χ0n) is 18.0. The number of nitriles is 1. The van der Waals surface area contributed by atoms with Crippen LogP contribution in [0.15, 0.2) is 47.4 Å². The molecular formula is C24H24FN3O4S. The average molecular weight is 470 g/mol. The minimum absolute atomic E-state index is 0.00241. The van der Waals surface area contributed by atoms with Crippen LogP contribution >= 0.6 is 0 Å². The summed E-state index contributed by atoms with van der Waals surface area (Å²) in [5.74, 6) is -0.806. The van der Waals surface area contributed by atoms with Gasteiger partial charge in [-0.3, -0.25) is 4.79 Å². The summed E-state index contributed by atoms with van der Waals surface area (Å²) in [6.07, 6.45) is 2.96. The maximum absolute atomic E-state index is 14.9. The zero-order chi connectivity index (χ0) is 23.2. The fourth-order valence-corrected chi connectivity index (χ4v) is 6.15. The number of carbonyl (C=O) groups is 1. The molecule has 33 heavy (non-hydrogen) atoms. The van der Waals surface area contributed by atoms with Crippen LogP contribution in [-0.4, -0.2) is 61.4 Å². The second-order valence-electron chi connectivity index (χ2n) is 8.96. The number of rotatable bonds is 4. The van der Waals surface area contributed by atoms with Crippen LogP contribution in [0.4, 0.5) is 4.39 Å². The quantitative estimate of drug-likeness (QED) is 0.687. The van der Waals surface area contributed by atoms with Gasteiger partial charge < -0.3 is 9.64 Å². The van der Waals surface area contributed by atoms with Crippen molar-refractivity contribution >= 4 is 15.9 Å². The molecule has 0 radical (unpaired) electrons. The van der Waals surface area contributed by atoms with Crippen LogP contribution in [0.1, 0.15) is 31.2 Å². The van der Waals surface area contributed by atoms with Gasteiger partial charge in [-0.05, 0) is 61.1 Å². The van der Waals surface area contributed by atoms with Crippen molar-refractivity contribution < 1.29 is 22.3 Å². The third-order valence-electron chi connectivity index (χ3n) is 6.80. The Morgan fingerprint density at radius 3 is 2.33 bits per heavy atom. The van der Waals surface area contributed by atoms with Gasteiger partial charge in [0.2, 0.25) is 15.9 Å². The van der Waals surface area contributed by atoms with E-state index in [2.05, 4.69) is 0 Å². The number of hydrogen-bond acceptors (Lipinski definition) is 5. The Kier molecular flexibility index (Phi) is 5.47. The van der Waals surface area contributed by atoms with Gasteiger partial charge in [0.15, 0.2) is 0 Å². The fraction of sp³-hybridized carbons (Fsp3) is 0.417. The lowest BCUT2D eigenvalue weighted by molar-refractivity contribution is -0.170. The van der Waals surface area contributed by atoms with E-state index in [-0.39, 0.29) is 30.5 Å². The first kappa shape index (κ1) is 22.0. The van der Waals surface area contributed by atoms with Gasteiger partial charge in [0.25, 0.3) is 0 Å². The lowest BCUT2D eigenvalue weighted by Gasteiger charge is -2.46. The molecule has 3 fully saturated rings. The Balaban J connectivity index is 1.31. The van der Waals surface area contributed by atoms with Crippen molar-refractivity contribution in [3.63, 3.8) is 0 Å². The highest BCUT2D eigenvalue weighted by Gasteiger charge is 2.47. The monoisotopic (exact) mass is 469 g/mol. The highest BCUT2D eigenvalue weighted by Crippen LogP contribution is 2.37. The summed E-state index contributed by atoms with van der Waals surface area (Å²) in [5, 5.41) is 8.92. The smallest absolute Gasteiger partial charge is 0.248 e. The molecule has 2 heterocycles. The SMILES string of the molecule is N#Cc1ccc(-c2ccc(S(=O)(=O)N3CCC4(CC3)CN(C3CC3)C(=O)CO4)c(F)c2)cc1. The predicted octanol–water partition coefficient (Wildman–Crippen LogP) is 2.91. The van der Waals surface area contributed by atoms with E-state index in [1.165, 1.54) is 16.4 Å². The number of amides is 1. The van der Waals surface area contributed by atoms with Crippen molar-refractivity contribution in [1.29, 1.82) is 5.26 Å². The van der Waals surface area contributed by atoms with Gasteiger partial charge in [-0.1, -0.05) is 18.2 Å². The second kappa shape index (κ2) is 8.20. The Morgan fingerprint density at radius 2 is 1.73 bits per heavy atom. The molecular weight excluding hydrogens is 445 g/mol. The van der Waals surface area contributed by atoms with Gasteiger partial charge in [0.1, 0.15) is 17.3 Å². The Bertz CT molecular complexity index is 1230. The first-order chi connectivity index (χ1) is 15.8. The lowest BCUT2D eigenvalue weighted by atomic mass is 9.90. The molecule has 1 aliphatic carbocycles. The predicted molar refractivity (Wildman–Crippen MR) is 118 cm³/mol. The molecule has 3 aliphatic rings. The van der Waals surface area contributed by atoms with E-state index in [4.69, 9.17) is 10.00 Å². The summed E-state index contributed by atoms with van der Waals surface area (Å²) in [7, 11) is -4.01. The second-order valence-corrected chi connectivity index (χ2v) is 10.9. The molecule has 0 atom stereocenters. The summed E-state index contributed by atoms with van der Waals surface area (Å²) < 4.78 is 48.5. The largest absolute Gasteiger partial charge is 0.363 e. The third kappa shape index (κ3) is 4.14. The first-order valence-corrected chi connectivity index (χ1v) is 12.5. The number of piperidine rings is 1. The normalized spacial score (nSPS) is 21.2. The van der Waals surface area contributed by atoms with Crippen LogP contribution in [0.25, 0.3) is 11.1 Å². The first-order valence-electron chi connectivity index (χ1n) is 11.1. The standard InChI is InChI=1S/C24H24FN3O4S/c25-21-13-19(18-3-1-17(14-26)2-4-18)5-8-22(21)33(30,31)27-11-9-24(10-12-27)16-28(20-6-7-20)23(29)15-32-24/h1-5,8,13,20H,6-7,9-12,15-16H2. The van der Waals surface area contributed by atoms with Crippen molar-refractivity contribution in [3.05, 3.63) is 53.8 Å². The Labute approximate surface area is 192 Å². The molecule has 1 amide bonds. The van der Waals surface area contributed by atoms with Crippen LogP contribution in [0.3, 0.4) is 0 Å². The number of sulfonamides is 1. The van der Waals surface area contributed by atoms with Gasteiger partial charge in [-0.2, -0.15) is 9.57 Å². The molecule has 2 aromatic rings. The summed E-state index contributed by atoms with van der Waals surface area (Å²) in [6.45, 7) is 0.963. The van der Waals surface area contributed by atoms with Gasteiger partial charge in [-0.15, -0.1) is 0 Å². The Morgan fingerprint density at radius 1 is 1.06 bits per heavy atom. The van der Waals surface area contributed by atoms with Crippen molar-refractivity contribution in [2.24, 2.45) is 0 Å². The van der Waals surface area contributed by atoms with E-state index in [0.717, 1.165) is 12.8 Å². The number of hydrogen-bond donors (Lipinski definition) is 0. The highest BCUT2D eigenvalue weighted by atomic mass is 32.2. The number of halogens is 1. The van der Waals surface area contributed by atoms with E-state index >= 15 is 0 Å². The summed E-state index contributed by atoms with van der Waals surface area (Å²) >= 11 is 0. The third-order valence-corrected chi connectivity index (χ3v) is 8.73. The average Bonchev–Trinajstić information content (AvgIpc) is 3.66. The molecule has 5 rings (SSSR count). The summed E-state index contributed by atoms with van der Waals surface area (Å²) in [6, 6.07) is 13.1. The molecule has 0 aromatic heterocycles. The van der Waals surface area contributed by atoms with E-state index in [0.29, 0.717) is 42.1 Å². The van der Waals surface area contributed by atoms with Crippen LogP contribution in [0, 0.1) is 17.1 Å². The summed E-state index contributed by atoms with van der Waals surface area (Å²) in [4.78, 5) is 13.7. The number of benzene rings is 2. The van der Waals surface area contributed by atoms with Crippen molar-refractivity contribution in [2.45, 2.75) is 42.2 Å². The molecule has 1 saturated carbocycles. The number of carbonyl (C=O) groups excluding carboxylic acids is 1. The minimum Gasteiger partial charge on any atom is -0.363 e. The fourth-order valence-electron chi connectivity index (χ4n) is 4.66. The summed E-state index contributed by atoms with van der Waals surface area (Å²) in [5.41, 5.74) is 1.20. The minimum atomic E-state index is -4.01. The van der Waals surface area contributed by atoms with Gasteiger partial charge in [-0.25, -0.2) is 12.8 Å². The van der Waals surface area contributed by atoms with Gasteiger partial charge >= 0.3 is 0 Å². The van der Waals surface area contributed by atoms with Crippen LogP contribution in [0.2, 0.25) is 0 Å². The van der Waals surface area contributed by atoms with E-state index in [9.17, 15) is 17.6 Å². The van der Waals surface area contributed by atoms with Crippen LogP contribution < -0.4 is 0 Å². The maximum Gasteiger partial charge on any atom is 0.248 e. The molecule has 2 aromatic carbocycles. The molecule has 7 nitrogen and oxygen atoms in total. The van der Waals surface area contributed by atoms with Gasteiger partial charge in [0, 0.05) is 19.1 Å². The zero-order valence-corrected chi connectivity index (χ0v) is 18.9. The number of nitrogens with zero attached hydrogens (tertiary/aromatic N) is 3. The lowest BCUT2D eigenvalue weighted by Crippen LogP contribution is -2.59. The molecule has 0 unspecified atom stereocenters. The van der Waals surface area contributed by atoms with E-state index in [1.807, 2.05) is 11.0 Å². The van der Waals surface area contributed by atoms with Crippen molar-refractivity contribution in [3.8, 4) is 17.2 Å². The molecule has 0 bridgehead atoms. The molecule has 1 spiro atoms. The van der Waals surface area contributed by atoms with Crippen LogP contribution in [-0.2, 0) is 19.6 Å². The van der Waals surface area contributed by atoms with E-state index in [1.54, 1.807) is 30.3 Å². The van der Waals surface area contributed by atoms with Gasteiger partial charge in [0.05, 0.1) is 23.8 Å². The molecule has 2 aliphatic heterocycles. The van der Waals surface area contributed by atoms with Crippen LogP contribution in [0.5, 0.6) is 0 Å². The molecule has 2 saturated heterocycles.